The van der Waals surface area contributed by atoms with Crippen LogP contribution in [0.25, 0.3) is 0 Å². The number of carbonyl (C=O) groups is 4. The molecule has 1 aromatic heterocycles. The summed E-state index contributed by atoms with van der Waals surface area (Å²) in [5.41, 5.74) is 1.78. The minimum Gasteiger partial charge on any atom is -0.497 e. The van der Waals surface area contributed by atoms with E-state index in [1.165, 1.54) is 31.5 Å². The maximum Gasteiger partial charge on any atom is 0.318 e. The molecule has 3 heterocycles. The van der Waals surface area contributed by atoms with Crippen molar-refractivity contribution >= 4 is 23.8 Å². The van der Waals surface area contributed by atoms with Gasteiger partial charge in [-0.1, -0.05) is 33.8 Å². The molecular formula is C40H54F2N8O5. The van der Waals surface area contributed by atoms with Crippen LogP contribution in [0.5, 0.6) is 5.75 Å². The molecule has 2 aromatic rings. The van der Waals surface area contributed by atoms with Crippen LogP contribution in [0, 0.1) is 46.3 Å². The molecule has 3 unspecified atom stereocenters. The first-order valence-corrected chi connectivity index (χ1v) is 18.9. The van der Waals surface area contributed by atoms with Gasteiger partial charge < -0.3 is 30.5 Å². The number of halogens is 2. The fourth-order valence-electron chi connectivity index (χ4n) is 6.86. The number of likely N-dealkylation sites (tertiary alicyclic amines) is 2. The maximum atomic E-state index is 13.8. The average Bonchev–Trinajstić information content (AvgIpc) is 3.16. The number of amides is 5. The van der Waals surface area contributed by atoms with E-state index in [0.717, 1.165) is 36.8 Å². The first-order chi connectivity index (χ1) is 26.2. The van der Waals surface area contributed by atoms with Crippen LogP contribution in [-0.4, -0.2) is 90.5 Å². The van der Waals surface area contributed by atoms with Gasteiger partial charge >= 0.3 is 6.03 Å². The first kappa shape index (κ1) is 44.1. The molecule has 3 N–H and O–H groups in total. The zero-order valence-corrected chi connectivity index (χ0v) is 32.4. The van der Waals surface area contributed by atoms with Gasteiger partial charge in [0.25, 0.3) is 0 Å². The average molecular weight is 765 g/mol. The second-order valence-electron chi connectivity index (χ2n) is 14.8. The molecule has 2 aliphatic heterocycles. The summed E-state index contributed by atoms with van der Waals surface area (Å²) in [6, 6.07) is 9.81. The fraction of sp³-hybridized carbons (Fsp3) is 0.575. The van der Waals surface area contributed by atoms with E-state index in [9.17, 15) is 28.0 Å². The highest BCUT2D eigenvalue weighted by molar-refractivity contribution is 5.88. The van der Waals surface area contributed by atoms with Crippen LogP contribution in [0.4, 0.5) is 13.6 Å². The van der Waals surface area contributed by atoms with Gasteiger partial charge in [-0.3, -0.25) is 14.4 Å². The Kier molecular flexibility index (Phi) is 17.8. The quantitative estimate of drug-likeness (QED) is 0.185. The van der Waals surface area contributed by atoms with Gasteiger partial charge in [0.15, 0.2) is 0 Å². The van der Waals surface area contributed by atoms with Crippen LogP contribution in [0.2, 0.25) is 0 Å². The Morgan fingerprint density at radius 1 is 0.873 bits per heavy atom. The Morgan fingerprint density at radius 2 is 1.56 bits per heavy atom. The van der Waals surface area contributed by atoms with Crippen molar-refractivity contribution in [3.63, 3.8) is 0 Å². The van der Waals surface area contributed by atoms with Crippen molar-refractivity contribution in [2.45, 2.75) is 96.6 Å². The molecule has 5 amide bonds. The van der Waals surface area contributed by atoms with Crippen LogP contribution < -0.4 is 20.7 Å². The molecule has 2 fully saturated rings. The monoisotopic (exact) mass is 764 g/mol. The van der Waals surface area contributed by atoms with Crippen LogP contribution in [0.15, 0.2) is 36.5 Å². The van der Waals surface area contributed by atoms with E-state index in [4.69, 9.17) is 15.3 Å². The topological polar surface area (TPSA) is 181 Å². The van der Waals surface area contributed by atoms with Crippen LogP contribution in [0.3, 0.4) is 0 Å². The van der Waals surface area contributed by atoms with Gasteiger partial charge in [-0.05, 0) is 85.6 Å². The normalized spacial score (nSPS) is 16.8. The van der Waals surface area contributed by atoms with E-state index >= 15 is 0 Å². The lowest BCUT2D eigenvalue weighted by Crippen LogP contribution is -2.53. The van der Waals surface area contributed by atoms with E-state index < -0.39 is 23.9 Å². The molecule has 13 nitrogen and oxygen atoms in total. The highest BCUT2D eigenvalue weighted by Crippen LogP contribution is 2.31. The number of hydrogen-bond donors (Lipinski definition) is 3. The molecule has 55 heavy (non-hydrogen) atoms. The minimum absolute atomic E-state index is 0.0906. The summed E-state index contributed by atoms with van der Waals surface area (Å²) >= 11 is 0. The highest BCUT2D eigenvalue weighted by atomic mass is 19.1. The Labute approximate surface area is 322 Å². The third kappa shape index (κ3) is 14.5. The molecule has 0 bridgehead atoms. The van der Waals surface area contributed by atoms with Crippen molar-refractivity contribution in [1.82, 2.24) is 30.7 Å². The smallest absolute Gasteiger partial charge is 0.318 e. The number of carbonyl (C=O) groups excluding carboxylic acids is 4. The number of pyridine rings is 1. The van der Waals surface area contributed by atoms with Crippen molar-refractivity contribution in [2.24, 2.45) is 11.8 Å². The second kappa shape index (κ2) is 22.2. The van der Waals surface area contributed by atoms with Gasteiger partial charge in [0.05, 0.1) is 19.2 Å². The van der Waals surface area contributed by atoms with Crippen LogP contribution >= 0.6 is 0 Å². The summed E-state index contributed by atoms with van der Waals surface area (Å²) in [5.74, 6) is -0.566. The van der Waals surface area contributed by atoms with Gasteiger partial charge in [-0.25, -0.2) is 14.2 Å². The number of piperidine rings is 2. The van der Waals surface area contributed by atoms with Crippen molar-refractivity contribution in [3.8, 4) is 17.9 Å². The number of benzene rings is 1. The summed E-state index contributed by atoms with van der Waals surface area (Å²) in [7, 11) is 1.51. The molecule has 0 saturated carbocycles. The van der Waals surface area contributed by atoms with Crippen LogP contribution in [-0.2, 0) is 14.4 Å². The van der Waals surface area contributed by atoms with Crippen molar-refractivity contribution in [1.29, 1.82) is 10.5 Å². The van der Waals surface area contributed by atoms with Gasteiger partial charge in [0.2, 0.25) is 23.7 Å². The van der Waals surface area contributed by atoms with Gasteiger partial charge in [0.1, 0.15) is 36.6 Å². The summed E-state index contributed by atoms with van der Waals surface area (Å²) in [4.78, 5) is 56.8. The number of methoxy groups -OCH3 is 1. The first-order valence-electron chi connectivity index (χ1n) is 18.9. The van der Waals surface area contributed by atoms with E-state index in [1.54, 1.807) is 21.9 Å². The maximum absolute atomic E-state index is 13.8. The van der Waals surface area contributed by atoms with Crippen LogP contribution in [0.1, 0.15) is 95.6 Å². The van der Waals surface area contributed by atoms with Crippen molar-refractivity contribution in [2.75, 3.05) is 39.8 Å². The standard InChI is InChI=1S/C21H28FN3O3.C19H26FN5O2/c1-14(2)10-19(24-20(26)4-7-23)21(27)25-8-5-15(6-9-25)16-11-17(22)13-18(12-16)28-3;1-13(2)10-16(18(26)22-8-7-21)24-19(27)25-9-3-4-15(12-25)14-5-6-17(20)23-11-14/h11-15,19H,4-6,8-10H2,1-3H3,(H,24,26);5-6,11,13,15-16H,3-4,8-10,12H2,1-2H3,(H,22,26)(H,24,27). The summed E-state index contributed by atoms with van der Waals surface area (Å²) in [5, 5.41) is 25.3. The molecule has 0 radical (unpaired) electrons. The lowest BCUT2D eigenvalue weighted by atomic mass is 9.88. The molecule has 15 heteroatoms. The summed E-state index contributed by atoms with van der Waals surface area (Å²) < 4.78 is 31.9. The third-order valence-electron chi connectivity index (χ3n) is 9.58. The molecule has 4 rings (SSSR count). The van der Waals surface area contributed by atoms with Crippen molar-refractivity contribution < 1.29 is 32.7 Å². The predicted molar refractivity (Wildman–Crippen MR) is 201 cm³/mol. The molecule has 3 atom stereocenters. The lowest BCUT2D eigenvalue weighted by molar-refractivity contribution is -0.137. The predicted octanol–water partition coefficient (Wildman–Crippen LogP) is 5.15. The number of nitrogens with zero attached hydrogens (tertiary/aromatic N) is 5. The molecule has 2 saturated heterocycles. The van der Waals surface area contributed by atoms with E-state index in [-0.39, 0.29) is 60.3 Å². The number of nitrogens with one attached hydrogen (secondary N) is 3. The number of nitriles is 2. The van der Waals surface area contributed by atoms with Gasteiger partial charge in [-0.15, -0.1) is 0 Å². The Hall–Kier alpha value is -5.31. The van der Waals surface area contributed by atoms with E-state index in [0.29, 0.717) is 44.8 Å². The third-order valence-corrected chi connectivity index (χ3v) is 9.58. The molecule has 0 aliphatic carbocycles. The fourth-order valence-corrected chi connectivity index (χ4v) is 6.86. The zero-order chi connectivity index (χ0) is 40.5. The largest absolute Gasteiger partial charge is 0.497 e. The molecule has 298 valence electrons. The second-order valence-corrected chi connectivity index (χ2v) is 14.8. The summed E-state index contributed by atoms with van der Waals surface area (Å²) in [6.07, 6.45) is 5.43. The SMILES string of the molecule is CC(C)CC(NC(=O)N1CCCC(c2ccc(F)nc2)C1)C(=O)NCC#N.COc1cc(F)cc(C2CCN(C(=O)C(CC(C)C)NC(=O)CC#N)CC2)c1. The number of hydrogen-bond acceptors (Lipinski definition) is 8. The summed E-state index contributed by atoms with van der Waals surface area (Å²) in [6.45, 7) is 10.0. The Balaban J connectivity index is 0.000000296. The Morgan fingerprint density at radius 3 is 2.16 bits per heavy atom. The molecule has 2 aliphatic rings. The van der Waals surface area contributed by atoms with E-state index in [1.807, 2.05) is 39.8 Å². The molecular weight excluding hydrogens is 710 g/mol. The van der Waals surface area contributed by atoms with E-state index in [2.05, 4.69) is 20.9 Å². The molecule has 0 spiro atoms. The minimum atomic E-state index is -0.682. The van der Waals surface area contributed by atoms with Gasteiger partial charge in [-0.2, -0.15) is 14.9 Å². The number of aromatic nitrogens is 1. The molecule has 1 aromatic carbocycles. The van der Waals surface area contributed by atoms with Gasteiger partial charge in [0, 0.05) is 44.4 Å². The lowest BCUT2D eigenvalue weighted by Gasteiger charge is -2.35. The highest BCUT2D eigenvalue weighted by Gasteiger charge is 2.31. The number of rotatable bonds is 13. The van der Waals surface area contributed by atoms with Crippen molar-refractivity contribution in [3.05, 3.63) is 59.4 Å². The Bertz CT molecular complexity index is 1670. The zero-order valence-electron chi connectivity index (χ0n) is 32.4. The number of ether oxygens (including phenoxy) is 1. The number of urea groups is 1.